The Morgan fingerprint density at radius 3 is 1.85 bits per heavy atom. The summed E-state index contributed by atoms with van der Waals surface area (Å²) in [6, 6.07) is 11.0. The molecule has 0 heterocycles. The predicted octanol–water partition coefficient (Wildman–Crippen LogP) is 4.43. The van der Waals surface area contributed by atoms with E-state index in [4.69, 9.17) is 5.73 Å². The van der Waals surface area contributed by atoms with Gasteiger partial charge < -0.3 is 11.1 Å². The van der Waals surface area contributed by atoms with Gasteiger partial charge in [-0.05, 0) is 48.7 Å². The van der Waals surface area contributed by atoms with Gasteiger partial charge in [-0.1, -0.05) is 30.3 Å². The second kappa shape index (κ2) is 8.75. The topological polar surface area (TPSA) is 38.0 Å². The monoisotopic (exact) mass is 390 g/mol. The Morgan fingerprint density at radius 2 is 1.37 bits per heavy atom. The molecule has 27 heavy (non-hydrogen) atoms. The van der Waals surface area contributed by atoms with Gasteiger partial charge in [-0.15, -0.1) is 0 Å². The summed E-state index contributed by atoms with van der Waals surface area (Å²) in [7, 11) is 0. The van der Waals surface area contributed by atoms with E-state index in [1.807, 2.05) is 30.3 Å². The maximum Gasteiger partial charge on any atom is 0.416 e. The molecule has 0 aliphatic carbocycles. The molecule has 0 radical (unpaired) electrons. The molecule has 1 atom stereocenters. The fourth-order valence-corrected chi connectivity index (χ4v) is 2.72. The van der Waals surface area contributed by atoms with E-state index in [1.54, 1.807) is 0 Å². The number of nitrogens with two attached hydrogens (primary N) is 1. The first-order valence-corrected chi connectivity index (χ1v) is 8.35. The van der Waals surface area contributed by atoms with E-state index in [9.17, 15) is 26.3 Å². The summed E-state index contributed by atoms with van der Waals surface area (Å²) in [5, 5.41) is 3.10. The highest BCUT2D eigenvalue weighted by Crippen LogP contribution is 2.36. The molecule has 0 aliphatic heterocycles. The van der Waals surface area contributed by atoms with Gasteiger partial charge in [-0.25, -0.2) is 0 Å². The molecule has 8 heteroatoms. The summed E-state index contributed by atoms with van der Waals surface area (Å²) >= 11 is 0. The Balaban J connectivity index is 2.05. The Hall–Kier alpha value is -2.06. The highest BCUT2D eigenvalue weighted by atomic mass is 19.4. The minimum atomic E-state index is -4.84. The largest absolute Gasteiger partial charge is 0.416 e. The van der Waals surface area contributed by atoms with Crippen molar-refractivity contribution in [2.75, 3.05) is 13.1 Å². The van der Waals surface area contributed by atoms with E-state index in [2.05, 4.69) is 5.32 Å². The molecule has 2 rings (SSSR count). The highest BCUT2D eigenvalue weighted by molar-refractivity contribution is 5.33. The zero-order chi connectivity index (χ0) is 20.1. The van der Waals surface area contributed by atoms with Gasteiger partial charge in [0.2, 0.25) is 0 Å². The normalized spacial score (nSPS) is 13.6. The van der Waals surface area contributed by atoms with Crippen molar-refractivity contribution in [2.24, 2.45) is 5.73 Å². The zero-order valence-corrected chi connectivity index (χ0v) is 14.4. The zero-order valence-electron chi connectivity index (χ0n) is 14.4. The Labute approximate surface area is 153 Å². The van der Waals surface area contributed by atoms with Crippen molar-refractivity contribution in [3.05, 3.63) is 70.8 Å². The first kappa shape index (κ1) is 21.2. The van der Waals surface area contributed by atoms with Gasteiger partial charge in [0.15, 0.2) is 0 Å². The Bertz CT molecular complexity index is 693. The van der Waals surface area contributed by atoms with E-state index < -0.39 is 23.5 Å². The summed E-state index contributed by atoms with van der Waals surface area (Å²) in [6.45, 7) is 0.512. The van der Waals surface area contributed by atoms with Crippen molar-refractivity contribution < 1.29 is 26.3 Å². The molecule has 0 aromatic heterocycles. The third-order valence-corrected chi connectivity index (χ3v) is 4.10. The van der Waals surface area contributed by atoms with E-state index in [0.717, 1.165) is 17.7 Å². The average Bonchev–Trinajstić information content (AvgIpc) is 2.60. The second-order valence-corrected chi connectivity index (χ2v) is 6.24. The SMILES string of the molecule is NCC(Cc1ccccc1)NCCc1cc(C(F)(F)F)cc(C(F)(F)F)c1. The maximum atomic E-state index is 12.9. The van der Waals surface area contributed by atoms with Crippen LogP contribution in [0.1, 0.15) is 22.3 Å². The molecule has 148 valence electrons. The van der Waals surface area contributed by atoms with Gasteiger partial charge in [0.1, 0.15) is 0 Å². The quantitative estimate of drug-likeness (QED) is 0.687. The van der Waals surface area contributed by atoms with Crippen LogP contribution in [0.25, 0.3) is 0 Å². The number of hydrogen-bond acceptors (Lipinski definition) is 2. The summed E-state index contributed by atoms with van der Waals surface area (Å²) in [5.41, 5.74) is 4.12. The molecule has 2 aromatic carbocycles. The van der Waals surface area contributed by atoms with E-state index in [0.29, 0.717) is 13.0 Å². The van der Waals surface area contributed by atoms with Crippen LogP contribution in [0.2, 0.25) is 0 Å². The molecule has 0 aliphatic rings. The first-order valence-electron chi connectivity index (χ1n) is 8.35. The lowest BCUT2D eigenvalue weighted by Gasteiger charge is -2.18. The number of nitrogens with one attached hydrogen (secondary N) is 1. The fraction of sp³-hybridized carbons (Fsp3) is 0.368. The molecule has 0 fully saturated rings. The van der Waals surface area contributed by atoms with Gasteiger partial charge in [-0.3, -0.25) is 0 Å². The third-order valence-electron chi connectivity index (χ3n) is 4.10. The molecule has 3 N–H and O–H groups in total. The van der Waals surface area contributed by atoms with Gasteiger partial charge >= 0.3 is 12.4 Å². The van der Waals surface area contributed by atoms with Crippen molar-refractivity contribution in [1.29, 1.82) is 0 Å². The summed E-state index contributed by atoms with van der Waals surface area (Å²) in [4.78, 5) is 0. The number of halogens is 6. The van der Waals surface area contributed by atoms with Crippen molar-refractivity contribution in [1.82, 2.24) is 5.32 Å². The lowest BCUT2D eigenvalue weighted by molar-refractivity contribution is -0.143. The van der Waals surface area contributed by atoms with Crippen LogP contribution in [0.5, 0.6) is 0 Å². The molecule has 0 spiro atoms. The molecule has 2 nitrogen and oxygen atoms in total. The third kappa shape index (κ3) is 6.55. The maximum absolute atomic E-state index is 12.9. The molecular weight excluding hydrogens is 370 g/mol. The van der Waals surface area contributed by atoms with E-state index in [-0.39, 0.29) is 30.6 Å². The number of benzene rings is 2. The van der Waals surface area contributed by atoms with Crippen LogP contribution in [0, 0.1) is 0 Å². The van der Waals surface area contributed by atoms with Crippen LogP contribution in [-0.4, -0.2) is 19.1 Å². The summed E-state index contributed by atoms with van der Waals surface area (Å²) in [5.74, 6) is 0. The Kier molecular flexibility index (Phi) is 6.89. The predicted molar refractivity (Wildman–Crippen MR) is 91.1 cm³/mol. The molecule has 1 unspecified atom stereocenters. The fourth-order valence-electron chi connectivity index (χ4n) is 2.72. The summed E-state index contributed by atoms with van der Waals surface area (Å²) in [6.07, 6.45) is -9.03. The highest BCUT2D eigenvalue weighted by Gasteiger charge is 2.36. The van der Waals surface area contributed by atoms with Crippen LogP contribution in [0.4, 0.5) is 26.3 Å². The number of alkyl halides is 6. The first-order chi connectivity index (χ1) is 12.6. The van der Waals surface area contributed by atoms with Crippen LogP contribution in [0.15, 0.2) is 48.5 Å². The van der Waals surface area contributed by atoms with Crippen LogP contribution < -0.4 is 11.1 Å². The molecule has 0 saturated carbocycles. The smallest absolute Gasteiger partial charge is 0.329 e. The molecular formula is C19H20F6N2. The minimum Gasteiger partial charge on any atom is -0.329 e. The summed E-state index contributed by atoms with van der Waals surface area (Å²) < 4.78 is 77.3. The van der Waals surface area contributed by atoms with Crippen LogP contribution in [0.3, 0.4) is 0 Å². The number of rotatable bonds is 7. The Morgan fingerprint density at radius 1 is 0.815 bits per heavy atom. The molecule has 0 bridgehead atoms. The number of hydrogen-bond donors (Lipinski definition) is 2. The molecule has 0 amide bonds. The second-order valence-electron chi connectivity index (χ2n) is 6.24. The van der Waals surface area contributed by atoms with Gasteiger partial charge in [0.25, 0.3) is 0 Å². The van der Waals surface area contributed by atoms with Crippen LogP contribution >= 0.6 is 0 Å². The standard InChI is InChI=1S/C19H20F6N2/c20-18(21,22)15-8-14(9-16(11-15)19(23,24)25)6-7-27-17(12-26)10-13-4-2-1-3-5-13/h1-5,8-9,11,17,27H,6-7,10,12,26H2. The van der Waals surface area contributed by atoms with Gasteiger partial charge in [0.05, 0.1) is 11.1 Å². The van der Waals surface area contributed by atoms with Crippen molar-refractivity contribution in [2.45, 2.75) is 31.2 Å². The van der Waals surface area contributed by atoms with Crippen molar-refractivity contribution >= 4 is 0 Å². The lowest BCUT2D eigenvalue weighted by atomic mass is 10.0. The molecule has 0 saturated heterocycles. The van der Waals surface area contributed by atoms with Gasteiger partial charge in [0, 0.05) is 12.6 Å². The van der Waals surface area contributed by atoms with E-state index >= 15 is 0 Å². The van der Waals surface area contributed by atoms with E-state index in [1.165, 1.54) is 0 Å². The lowest BCUT2D eigenvalue weighted by Crippen LogP contribution is -2.39. The van der Waals surface area contributed by atoms with Crippen molar-refractivity contribution in [3.63, 3.8) is 0 Å². The molecule has 2 aromatic rings. The average molecular weight is 390 g/mol. The van der Waals surface area contributed by atoms with Gasteiger partial charge in [-0.2, -0.15) is 26.3 Å². The van der Waals surface area contributed by atoms with Crippen molar-refractivity contribution in [3.8, 4) is 0 Å². The van der Waals surface area contributed by atoms with Crippen LogP contribution in [-0.2, 0) is 25.2 Å². The minimum absolute atomic E-state index is 0.0261.